The minimum atomic E-state index is -0.349. The number of hydrogen-bond acceptors (Lipinski definition) is 4. The first-order chi connectivity index (χ1) is 26.9. The van der Waals surface area contributed by atoms with Crippen LogP contribution >= 0.6 is 23.2 Å². The van der Waals surface area contributed by atoms with Crippen LogP contribution in [0.15, 0.2) is 110 Å². The van der Waals surface area contributed by atoms with Gasteiger partial charge in [0, 0.05) is 24.7 Å². The maximum Gasteiger partial charge on any atom is 1.00 e. The first-order valence-corrected chi connectivity index (χ1v) is 20.8. The largest absolute Gasteiger partial charge is 1.00 e. The number of aromatic nitrogens is 6. The fourth-order valence-corrected chi connectivity index (χ4v) is 9.09. The maximum atomic E-state index is 7.32. The molecule has 3 aliphatic carbocycles. The molecule has 6 aromatic rings. The van der Waals surface area contributed by atoms with Gasteiger partial charge in [-0.3, -0.25) is 0 Å². The van der Waals surface area contributed by atoms with Crippen LogP contribution in [0.2, 0.25) is 0 Å². The quantitative estimate of drug-likeness (QED) is 0.124. The van der Waals surface area contributed by atoms with E-state index in [9.17, 15) is 0 Å². The first-order valence-electron chi connectivity index (χ1n) is 19.7. The van der Waals surface area contributed by atoms with Crippen molar-refractivity contribution in [1.29, 1.82) is 5.26 Å². The molecule has 0 fully saturated rings. The molecule has 0 saturated heterocycles. The van der Waals surface area contributed by atoms with E-state index in [1.807, 2.05) is 0 Å². The third kappa shape index (κ3) is 8.46. The van der Waals surface area contributed by atoms with Gasteiger partial charge in [0.25, 0.3) is 7.12 Å². The van der Waals surface area contributed by atoms with Crippen molar-refractivity contribution in [3.8, 4) is 6.07 Å². The Kier molecular flexibility index (Phi) is 14.0. The molecular weight excluding hydrogens is 784 g/mol. The third-order valence-electron chi connectivity index (χ3n) is 11.9. The summed E-state index contributed by atoms with van der Waals surface area (Å²) >= 11 is 9.53. The minimum absolute atomic E-state index is 0. The van der Waals surface area contributed by atoms with Gasteiger partial charge in [-0.15, -0.1) is 23.2 Å². The average Bonchev–Trinajstić information content (AvgIpc) is 3.97. The van der Waals surface area contributed by atoms with E-state index < -0.39 is 0 Å². The molecule has 3 aromatic heterocycles. The van der Waals surface area contributed by atoms with Crippen molar-refractivity contribution in [1.82, 2.24) is 29.1 Å². The van der Waals surface area contributed by atoms with Crippen LogP contribution in [-0.4, -0.2) is 41.5 Å². The Labute approximate surface area is 353 Å². The molecule has 56 heavy (non-hydrogen) atoms. The molecule has 6 atom stereocenters. The van der Waals surface area contributed by atoms with E-state index >= 15 is 0 Å². The van der Waals surface area contributed by atoms with Gasteiger partial charge in [-0.2, -0.15) is 5.26 Å². The zero-order chi connectivity index (χ0) is 38.5. The van der Waals surface area contributed by atoms with Gasteiger partial charge in [0.1, 0.15) is 0 Å². The summed E-state index contributed by atoms with van der Waals surface area (Å²) in [4.78, 5) is 0. The predicted molar refractivity (Wildman–Crippen MR) is 224 cm³/mol. The zero-order valence-corrected chi connectivity index (χ0v) is 35.0. The molecule has 3 aliphatic rings. The van der Waals surface area contributed by atoms with Crippen molar-refractivity contribution in [3.63, 3.8) is 0 Å². The summed E-state index contributed by atoms with van der Waals surface area (Å²) in [7, 11) is -0.349. The molecule has 7 nitrogen and oxygen atoms in total. The second kappa shape index (κ2) is 18.9. The monoisotopic (exact) mass is 832 g/mol. The Hall–Kier alpha value is -4.06. The van der Waals surface area contributed by atoms with Crippen LogP contribution in [-0.2, 0) is 17.1 Å². The molecule has 293 valence electrons. The molecular formula is C45H50BCl2CuN7. The van der Waals surface area contributed by atoms with Crippen molar-refractivity contribution in [2.45, 2.75) is 102 Å². The molecule has 0 N–H and O–H groups in total. The molecule has 11 heteroatoms. The number of fused-ring (bicyclic) bond motifs is 3. The normalized spacial score (nSPS) is 22.1. The molecule has 0 saturated carbocycles. The van der Waals surface area contributed by atoms with Crippen molar-refractivity contribution in [2.24, 2.45) is 0 Å². The van der Waals surface area contributed by atoms with Gasteiger partial charge in [0.2, 0.25) is 0 Å². The molecule has 0 spiro atoms. The van der Waals surface area contributed by atoms with Crippen LogP contribution in [0.25, 0.3) is 0 Å². The molecule has 0 bridgehead atoms. The van der Waals surface area contributed by atoms with Gasteiger partial charge in [0.15, 0.2) is 0 Å². The Bertz CT molecular complexity index is 1960. The van der Waals surface area contributed by atoms with E-state index in [1.54, 1.807) is 6.07 Å². The summed E-state index contributed by atoms with van der Waals surface area (Å²) < 4.78 is 6.55. The van der Waals surface area contributed by atoms with Crippen molar-refractivity contribution in [3.05, 3.63) is 160 Å². The Balaban J connectivity index is 0.000000716. The van der Waals surface area contributed by atoms with Crippen LogP contribution in [0.3, 0.4) is 0 Å². The summed E-state index contributed by atoms with van der Waals surface area (Å²) in [6.07, 6.45) is 13.7. The van der Waals surface area contributed by atoms with Gasteiger partial charge in [-0.25, -0.2) is 15.3 Å². The number of rotatable bonds is 6. The second-order valence-electron chi connectivity index (χ2n) is 15.3. The number of nitriles is 1. The zero-order valence-electron chi connectivity index (χ0n) is 32.6. The van der Waals surface area contributed by atoms with Crippen molar-refractivity contribution < 1.29 is 17.1 Å². The summed E-state index contributed by atoms with van der Waals surface area (Å²) in [6, 6.07) is 34.6. The van der Waals surface area contributed by atoms with Crippen LogP contribution in [0, 0.1) is 11.3 Å². The van der Waals surface area contributed by atoms with Crippen LogP contribution in [0.4, 0.5) is 0 Å². The number of halogens is 2. The number of alkyl halides is 2. The summed E-state index contributed by atoms with van der Waals surface area (Å²) in [6.45, 7) is 8.51. The van der Waals surface area contributed by atoms with Crippen LogP contribution < -0.4 is 0 Å². The molecule has 0 amide bonds. The Morgan fingerprint density at radius 3 is 1.05 bits per heavy atom. The fourth-order valence-electron chi connectivity index (χ4n) is 9.09. The number of hydrogen-bond donors (Lipinski definition) is 0. The van der Waals surface area contributed by atoms with Gasteiger partial charge in [-0.05, 0) is 108 Å². The molecule has 0 aliphatic heterocycles. The smallest absolute Gasteiger partial charge is 0.424 e. The second-order valence-corrected chi connectivity index (χ2v) is 16.2. The standard InChI is InChI=1S/C42H45BN6.C2H3N.CH2Cl2.Cu/c1-28-19-22-34(31-13-7-4-8-14-31)40-37(28)25-47(44-40)43(48-26-38-29(2)20-23-35(41(38)45-48)32-15-9-5-10-16-32)49-27-39-30(3)21-24-36(42(39)46-49)33-17-11-6-12-18-33;1-2-3;2-1-3;/h4-18,25-30,34-36H,19-24H2,1-3H3;1H3;1H2;/q-1;;;+1/t28-,29-,30-,34+,35+,36+;;;/m1.../s1. The SMILES string of the molecule is CC#N.C[C@@H]1CC[C@@H](c2ccccc2)c2nn([B-](n3cc4c(n3)[C@H](c3ccccc3)CC[C@H]4C)n3cc4c(n3)[C@H](c3ccccc3)CC[C@H]4C)cc21.ClCCl.[Cu+]. The maximum absolute atomic E-state index is 7.32. The summed E-state index contributed by atoms with van der Waals surface area (Å²) in [5, 5.41) is 24.0. The first kappa shape index (κ1) is 41.6. The number of nitrogens with zero attached hydrogens (tertiary/aromatic N) is 7. The van der Waals surface area contributed by atoms with Crippen molar-refractivity contribution >= 4 is 30.3 Å². The van der Waals surface area contributed by atoms with E-state index in [0.717, 1.165) is 38.5 Å². The van der Waals surface area contributed by atoms with E-state index in [1.165, 1.54) is 57.4 Å². The van der Waals surface area contributed by atoms with E-state index in [2.05, 4.69) is 144 Å². The predicted octanol–water partition coefficient (Wildman–Crippen LogP) is 11.2. The van der Waals surface area contributed by atoms with Crippen LogP contribution in [0.1, 0.15) is 152 Å². The van der Waals surface area contributed by atoms with Gasteiger partial charge in [-0.1, -0.05) is 112 Å². The van der Waals surface area contributed by atoms with E-state index in [4.69, 9.17) is 43.8 Å². The molecule has 1 radical (unpaired) electrons. The van der Waals surface area contributed by atoms with E-state index in [-0.39, 0.29) is 47.3 Å². The van der Waals surface area contributed by atoms with Gasteiger partial charge >= 0.3 is 17.1 Å². The number of benzene rings is 3. The molecule has 3 heterocycles. The van der Waals surface area contributed by atoms with Crippen molar-refractivity contribution in [2.75, 3.05) is 5.34 Å². The average molecular weight is 834 g/mol. The summed E-state index contributed by atoms with van der Waals surface area (Å²) in [5.74, 6) is 2.21. The Morgan fingerprint density at radius 2 is 0.804 bits per heavy atom. The van der Waals surface area contributed by atoms with Gasteiger partial charge < -0.3 is 13.8 Å². The fraction of sp³-hybridized carbons (Fsp3) is 0.378. The summed E-state index contributed by atoms with van der Waals surface area (Å²) in [5.41, 5.74) is 11.7. The molecule has 3 aromatic carbocycles. The van der Waals surface area contributed by atoms with Crippen LogP contribution in [0.5, 0.6) is 0 Å². The molecule has 0 unspecified atom stereocenters. The Morgan fingerprint density at radius 1 is 0.554 bits per heavy atom. The third-order valence-corrected chi connectivity index (χ3v) is 11.9. The molecule has 9 rings (SSSR count). The topological polar surface area (TPSA) is 77.2 Å². The van der Waals surface area contributed by atoms with Gasteiger partial charge in [0.05, 0.1) is 28.5 Å². The minimum Gasteiger partial charge on any atom is -0.424 e. The van der Waals surface area contributed by atoms with E-state index in [0.29, 0.717) is 17.8 Å².